The van der Waals surface area contributed by atoms with Crippen molar-refractivity contribution in [3.63, 3.8) is 0 Å². The highest BCUT2D eigenvalue weighted by molar-refractivity contribution is 7.92. The van der Waals surface area contributed by atoms with Crippen LogP contribution in [0.2, 0.25) is 0 Å². The number of sulfone groups is 1. The number of aliphatic carboxylic acids is 1. The Morgan fingerprint density at radius 1 is 0.974 bits per heavy atom. The minimum Gasteiger partial charge on any atom is -0.496 e. The SMILES string of the molecule is CCN(Cc1cc(C(F)(F)F)ccc1-c1cc(CC(=O)O)ccc1OC)C(=O)CS(=O)(=O)c1ccccc1. The lowest BCUT2D eigenvalue weighted by Crippen LogP contribution is -2.35. The number of ether oxygens (including phenoxy) is 1. The fourth-order valence-corrected chi connectivity index (χ4v) is 5.21. The van der Waals surface area contributed by atoms with Gasteiger partial charge in [-0.05, 0) is 60.0 Å². The summed E-state index contributed by atoms with van der Waals surface area (Å²) in [6, 6.07) is 15.0. The van der Waals surface area contributed by atoms with E-state index in [1.165, 1.54) is 55.6 Å². The van der Waals surface area contributed by atoms with Gasteiger partial charge in [-0.3, -0.25) is 9.59 Å². The Balaban J connectivity index is 2.05. The van der Waals surface area contributed by atoms with Gasteiger partial charge in [-0.1, -0.05) is 30.3 Å². The van der Waals surface area contributed by atoms with Crippen LogP contribution in [0.4, 0.5) is 13.2 Å². The molecule has 0 saturated heterocycles. The number of carbonyl (C=O) groups excluding carboxylic acids is 1. The predicted molar refractivity (Wildman–Crippen MR) is 134 cm³/mol. The second kappa shape index (κ2) is 11.7. The summed E-state index contributed by atoms with van der Waals surface area (Å²) in [5, 5.41) is 9.17. The monoisotopic (exact) mass is 549 g/mol. The van der Waals surface area contributed by atoms with E-state index in [9.17, 15) is 36.3 Å². The molecule has 0 fully saturated rings. The van der Waals surface area contributed by atoms with Crippen LogP contribution in [0.3, 0.4) is 0 Å². The molecule has 3 aromatic rings. The normalized spacial score (nSPS) is 11.7. The topological polar surface area (TPSA) is 101 Å². The van der Waals surface area contributed by atoms with Crippen LogP contribution in [0, 0.1) is 0 Å². The van der Waals surface area contributed by atoms with E-state index in [2.05, 4.69) is 0 Å². The fraction of sp³-hybridized carbons (Fsp3) is 0.259. The van der Waals surface area contributed by atoms with Gasteiger partial charge in [-0.25, -0.2) is 8.42 Å². The number of nitrogens with zero attached hydrogens (tertiary/aromatic N) is 1. The number of carboxylic acids is 1. The van der Waals surface area contributed by atoms with Gasteiger partial charge in [-0.2, -0.15) is 13.2 Å². The Labute approximate surface area is 218 Å². The molecule has 7 nitrogen and oxygen atoms in total. The van der Waals surface area contributed by atoms with Crippen LogP contribution in [-0.2, 0) is 38.6 Å². The van der Waals surface area contributed by atoms with Gasteiger partial charge >= 0.3 is 12.1 Å². The first-order valence-electron chi connectivity index (χ1n) is 11.5. The molecule has 38 heavy (non-hydrogen) atoms. The van der Waals surface area contributed by atoms with E-state index >= 15 is 0 Å². The summed E-state index contributed by atoms with van der Waals surface area (Å²) in [6.07, 6.45) is -4.98. The Bertz CT molecular complexity index is 1420. The average molecular weight is 550 g/mol. The van der Waals surface area contributed by atoms with Crippen molar-refractivity contribution in [2.24, 2.45) is 0 Å². The summed E-state index contributed by atoms with van der Waals surface area (Å²) in [4.78, 5) is 25.4. The lowest BCUT2D eigenvalue weighted by molar-refractivity contribution is -0.138. The quantitative estimate of drug-likeness (QED) is 0.389. The lowest BCUT2D eigenvalue weighted by atomic mass is 9.94. The van der Waals surface area contributed by atoms with E-state index in [1.54, 1.807) is 13.0 Å². The maximum Gasteiger partial charge on any atom is 0.416 e. The molecule has 0 aliphatic carbocycles. The number of rotatable bonds is 10. The van der Waals surface area contributed by atoms with Gasteiger partial charge in [0.25, 0.3) is 0 Å². The van der Waals surface area contributed by atoms with E-state index in [-0.39, 0.29) is 30.0 Å². The summed E-state index contributed by atoms with van der Waals surface area (Å²) in [5.74, 6) is -2.42. The Morgan fingerprint density at radius 3 is 2.24 bits per heavy atom. The maximum absolute atomic E-state index is 13.6. The molecular formula is C27H26F3NO6S. The standard InChI is InChI=1S/C27H26F3NO6S/c1-3-31(25(32)17-38(35,36)21-7-5-4-6-8-21)16-19-15-20(27(28,29)30)10-11-22(19)23-13-18(14-26(33)34)9-12-24(23)37-2/h4-13,15H,3,14,16-17H2,1-2H3,(H,33,34). The zero-order valence-electron chi connectivity index (χ0n) is 20.7. The van der Waals surface area contributed by atoms with E-state index in [0.717, 1.165) is 17.0 Å². The van der Waals surface area contributed by atoms with Crippen LogP contribution in [-0.4, -0.2) is 49.7 Å². The summed E-state index contributed by atoms with van der Waals surface area (Å²) in [7, 11) is -2.60. The van der Waals surface area contributed by atoms with Gasteiger partial charge in [-0.15, -0.1) is 0 Å². The minimum absolute atomic E-state index is 0.0367. The summed E-state index contributed by atoms with van der Waals surface area (Å²) >= 11 is 0. The van der Waals surface area contributed by atoms with Crippen LogP contribution in [0.1, 0.15) is 23.6 Å². The third-order valence-corrected chi connectivity index (χ3v) is 7.47. The van der Waals surface area contributed by atoms with Crippen LogP contribution in [0.25, 0.3) is 11.1 Å². The zero-order chi connectivity index (χ0) is 28.1. The molecule has 1 N–H and O–H groups in total. The van der Waals surface area contributed by atoms with E-state index in [0.29, 0.717) is 22.4 Å². The van der Waals surface area contributed by atoms with Crippen molar-refractivity contribution in [2.45, 2.75) is 31.0 Å². The van der Waals surface area contributed by atoms with E-state index in [4.69, 9.17) is 4.74 Å². The summed E-state index contributed by atoms with van der Waals surface area (Å²) in [6.45, 7) is 1.31. The van der Waals surface area contributed by atoms with Crippen molar-refractivity contribution < 1.29 is 41.0 Å². The Hall–Kier alpha value is -3.86. The van der Waals surface area contributed by atoms with Crippen molar-refractivity contribution in [3.8, 4) is 16.9 Å². The molecule has 3 aromatic carbocycles. The number of hydrogen-bond donors (Lipinski definition) is 1. The summed E-state index contributed by atoms with van der Waals surface area (Å²) in [5.41, 5.74) is 0.182. The van der Waals surface area contributed by atoms with Crippen molar-refractivity contribution >= 4 is 21.7 Å². The molecule has 0 aromatic heterocycles. The molecule has 0 radical (unpaired) electrons. The van der Waals surface area contributed by atoms with Crippen molar-refractivity contribution in [3.05, 3.63) is 83.4 Å². The van der Waals surface area contributed by atoms with Gasteiger partial charge in [0.15, 0.2) is 9.84 Å². The number of hydrogen-bond acceptors (Lipinski definition) is 5. The minimum atomic E-state index is -4.67. The first kappa shape index (κ1) is 28.7. The highest BCUT2D eigenvalue weighted by atomic mass is 32.2. The molecule has 0 saturated carbocycles. The number of carboxylic acid groups (broad SMARTS) is 1. The van der Waals surface area contributed by atoms with Crippen molar-refractivity contribution in [2.75, 3.05) is 19.4 Å². The molecule has 0 atom stereocenters. The molecule has 202 valence electrons. The van der Waals surface area contributed by atoms with Crippen LogP contribution in [0.5, 0.6) is 5.75 Å². The molecule has 0 bridgehead atoms. The fourth-order valence-electron chi connectivity index (χ4n) is 3.96. The Kier molecular flexibility index (Phi) is 8.82. The van der Waals surface area contributed by atoms with Gasteiger partial charge in [0.05, 0.1) is 24.0 Å². The van der Waals surface area contributed by atoms with Gasteiger partial charge in [0.1, 0.15) is 11.5 Å². The van der Waals surface area contributed by atoms with Crippen molar-refractivity contribution in [1.82, 2.24) is 4.90 Å². The van der Waals surface area contributed by atoms with Gasteiger partial charge in [0, 0.05) is 18.7 Å². The van der Waals surface area contributed by atoms with Crippen molar-refractivity contribution in [1.29, 1.82) is 0 Å². The molecule has 0 heterocycles. The molecule has 1 amide bonds. The number of benzene rings is 3. The number of methoxy groups -OCH3 is 1. The number of carbonyl (C=O) groups is 2. The van der Waals surface area contributed by atoms with Gasteiger partial charge < -0.3 is 14.7 Å². The summed E-state index contributed by atoms with van der Waals surface area (Å²) < 4.78 is 71.6. The number of alkyl halides is 3. The van der Waals surface area contributed by atoms with Crippen LogP contribution in [0.15, 0.2) is 71.6 Å². The molecule has 11 heteroatoms. The Morgan fingerprint density at radius 2 is 1.66 bits per heavy atom. The predicted octanol–water partition coefficient (Wildman–Crippen LogP) is 4.83. The second-order valence-corrected chi connectivity index (χ2v) is 10.4. The smallest absolute Gasteiger partial charge is 0.416 e. The molecule has 0 aliphatic rings. The molecule has 3 rings (SSSR count). The molecular weight excluding hydrogens is 523 g/mol. The van der Waals surface area contributed by atoms with E-state index in [1.807, 2.05) is 0 Å². The van der Waals surface area contributed by atoms with Crippen LogP contribution < -0.4 is 4.74 Å². The highest BCUT2D eigenvalue weighted by Gasteiger charge is 2.32. The maximum atomic E-state index is 13.6. The molecule has 0 spiro atoms. The molecule has 0 unspecified atom stereocenters. The second-order valence-electron chi connectivity index (χ2n) is 8.45. The largest absolute Gasteiger partial charge is 0.496 e. The first-order chi connectivity index (χ1) is 17.9. The molecule has 0 aliphatic heterocycles. The number of amides is 1. The average Bonchev–Trinajstić information content (AvgIpc) is 2.86. The lowest BCUT2D eigenvalue weighted by Gasteiger charge is -2.24. The zero-order valence-corrected chi connectivity index (χ0v) is 21.5. The third kappa shape index (κ3) is 6.91. The third-order valence-electron chi connectivity index (χ3n) is 5.85. The highest BCUT2D eigenvalue weighted by Crippen LogP contribution is 2.38. The van der Waals surface area contributed by atoms with Gasteiger partial charge in [0.2, 0.25) is 5.91 Å². The van der Waals surface area contributed by atoms with E-state index < -0.39 is 39.2 Å². The first-order valence-corrected chi connectivity index (χ1v) is 13.2. The van der Waals surface area contributed by atoms with Crippen LogP contribution >= 0.6 is 0 Å². The number of halogens is 3.